The molecule has 21 heavy (non-hydrogen) atoms. The van der Waals surface area contributed by atoms with E-state index in [0.717, 1.165) is 0 Å². The number of nitro benzene ring substituents is 1. The summed E-state index contributed by atoms with van der Waals surface area (Å²) in [6.45, 7) is 4.90. The number of hydrogen-bond donors (Lipinski definition) is 0. The van der Waals surface area contributed by atoms with Gasteiger partial charge in [-0.25, -0.2) is 0 Å². The molecule has 1 atom stereocenters. The van der Waals surface area contributed by atoms with Crippen molar-refractivity contribution >= 4 is 13.3 Å². The zero-order valence-electron chi connectivity index (χ0n) is 12.7. The van der Waals surface area contributed by atoms with Gasteiger partial charge in [0.05, 0.1) is 10.5 Å². The molecule has 0 aliphatic heterocycles. The first kappa shape index (κ1) is 17.8. The molecular weight excluding hydrogens is 295 g/mol. The molecule has 0 amide bonds. The van der Waals surface area contributed by atoms with E-state index in [9.17, 15) is 14.7 Å². The van der Waals surface area contributed by atoms with Gasteiger partial charge in [-0.2, -0.15) is 0 Å². The molecule has 0 saturated heterocycles. The molecule has 1 aromatic carbocycles. The van der Waals surface area contributed by atoms with E-state index in [4.69, 9.17) is 9.05 Å². The topological polar surface area (TPSA) is 81.9 Å². The van der Waals surface area contributed by atoms with Gasteiger partial charge in [-0.3, -0.25) is 19.6 Å². The molecule has 118 valence electrons. The van der Waals surface area contributed by atoms with Crippen molar-refractivity contribution in [3.63, 3.8) is 0 Å². The van der Waals surface area contributed by atoms with Crippen molar-refractivity contribution in [2.45, 2.75) is 19.6 Å². The number of rotatable bonds is 8. The van der Waals surface area contributed by atoms with Crippen LogP contribution in [-0.2, 0) is 13.6 Å². The fourth-order valence-corrected chi connectivity index (χ4v) is 4.12. The standard InChI is InChI=1S/C13H21N2O5P/c1-5-14(6-2)13(21(18,19-3)20-4)11-9-7-8-10-12(11)15(16)17/h7-10,13H,5-6H2,1-4H3. The maximum atomic E-state index is 12.9. The highest BCUT2D eigenvalue weighted by Gasteiger charge is 2.42. The smallest absolute Gasteiger partial charge is 0.311 e. The van der Waals surface area contributed by atoms with Crippen LogP contribution >= 0.6 is 7.60 Å². The molecule has 1 rings (SSSR count). The second-order valence-corrected chi connectivity index (χ2v) is 6.61. The Morgan fingerprint density at radius 3 is 2.19 bits per heavy atom. The molecular formula is C13H21N2O5P. The summed E-state index contributed by atoms with van der Waals surface area (Å²) in [4.78, 5) is 12.6. The molecule has 8 heteroatoms. The van der Waals surface area contributed by atoms with Crippen molar-refractivity contribution in [1.29, 1.82) is 0 Å². The largest absolute Gasteiger partial charge is 0.351 e. The van der Waals surface area contributed by atoms with Crippen molar-refractivity contribution in [2.75, 3.05) is 27.3 Å². The SMILES string of the molecule is CCN(CC)C(c1ccccc1[N+](=O)[O-])P(=O)(OC)OC. The third-order valence-electron chi connectivity index (χ3n) is 3.38. The third-order valence-corrected chi connectivity index (χ3v) is 5.60. The first-order valence-corrected chi connectivity index (χ1v) is 8.24. The number of nitro groups is 1. The molecule has 1 unspecified atom stereocenters. The Morgan fingerprint density at radius 1 is 1.24 bits per heavy atom. The number of nitrogens with zero attached hydrogens (tertiary/aromatic N) is 2. The highest BCUT2D eigenvalue weighted by molar-refractivity contribution is 7.54. The van der Waals surface area contributed by atoms with Gasteiger partial charge in [0.25, 0.3) is 5.69 Å². The second-order valence-electron chi connectivity index (χ2n) is 4.32. The van der Waals surface area contributed by atoms with Gasteiger partial charge in [0.15, 0.2) is 0 Å². The van der Waals surface area contributed by atoms with Crippen molar-refractivity contribution in [1.82, 2.24) is 4.90 Å². The summed E-state index contributed by atoms with van der Waals surface area (Å²) < 4.78 is 23.1. The van der Waals surface area contributed by atoms with Gasteiger partial charge < -0.3 is 9.05 Å². The Morgan fingerprint density at radius 2 is 1.76 bits per heavy atom. The van der Waals surface area contributed by atoms with Crippen LogP contribution in [0.15, 0.2) is 24.3 Å². The molecule has 0 spiro atoms. The average Bonchev–Trinajstić information content (AvgIpc) is 2.51. The van der Waals surface area contributed by atoms with Crippen LogP contribution in [0.4, 0.5) is 5.69 Å². The molecule has 0 heterocycles. The number of benzene rings is 1. The zero-order valence-corrected chi connectivity index (χ0v) is 13.6. The van der Waals surface area contributed by atoms with E-state index in [0.29, 0.717) is 18.7 Å². The number of hydrogen-bond acceptors (Lipinski definition) is 6. The lowest BCUT2D eigenvalue weighted by Gasteiger charge is -2.33. The van der Waals surface area contributed by atoms with Crippen molar-refractivity contribution in [2.24, 2.45) is 0 Å². The molecule has 0 aliphatic rings. The van der Waals surface area contributed by atoms with Crippen LogP contribution in [0.25, 0.3) is 0 Å². The average molecular weight is 316 g/mol. The van der Waals surface area contributed by atoms with Crippen LogP contribution in [0, 0.1) is 10.1 Å². The summed E-state index contributed by atoms with van der Waals surface area (Å²) in [6.07, 6.45) is 0. The quantitative estimate of drug-likeness (QED) is 0.415. The molecule has 0 aromatic heterocycles. The summed E-state index contributed by atoms with van der Waals surface area (Å²) in [5, 5.41) is 11.2. The second kappa shape index (κ2) is 7.66. The zero-order chi connectivity index (χ0) is 16.0. The summed E-state index contributed by atoms with van der Waals surface area (Å²) in [6, 6.07) is 6.23. The highest BCUT2D eigenvalue weighted by atomic mass is 31.2. The van der Waals surface area contributed by atoms with Gasteiger partial charge in [0.2, 0.25) is 0 Å². The summed E-state index contributed by atoms with van der Waals surface area (Å²) in [5.74, 6) is -0.816. The lowest BCUT2D eigenvalue weighted by molar-refractivity contribution is -0.385. The van der Waals surface area contributed by atoms with E-state index in [1.54, 1.807) is 18.2 Å². The van der Waals surface area contributed by atoms with E-state index in [1.807, 2.05) is 18.7 Å². The van der Waals surface area contributed by atoms with E-state index < -0.39 is 18.3 Å². The minimum Gasteiger partial charge on any atom is -0.311 e. The van der Waals surface area contributed by atoms with Crippen molar-refractivity contribution in [3.8, 4) is 0 Å². The normalized spacial score (nSPS) is 13.4. The van der Waals surface area contributed by atoms with Crippen LogP contribution in [0.1, 0.15) is 25.2 Å². The minimum absolute atomic E-state index is 0.0938. The summed E-state index contributed by atoms with van der Waals surface area (Å²) in [7, 11) is -0.973. The summed E-state index contributed by atoms with van der Waals surface area (Å²) >= 11 is 0. The Kier molecular flexibility index (Phi) is 6.48. The Bertz CT molecular complexity index is 525. The number of para-hydroxylation sites is 1. The fraction of sp³-hybridized carbons (Fsp3) is 0.538. The van der Waals surface area contributed by atoms with Gasteiger partial charge in [-0.05, 0) is 19.2 Å². The molecule has 0 fully saturated rings. The first-order valence-electron chi connectivity index (χ1n) is 6.63. The lowest BCUT2D eigenvalue weighted by Crippen LogP contribution is -2.29. The first-order chi connectivity index (χ1) is 9.95. The van der Waals surface area contributed by atoms with Crippen molar-refractivity contribution in [3.05, 3.63) is 39.9 Å². The molecule has 0 N–H and O–H groups in total. The van der Waals surface area contributed by atoms with E-state index in [2.05, 4.69) is 0 Å². The minimum atomic E-state index is -3.55. The highest BCUT2D eigenvalue weighted by Crippen LogP contribution is 2.62. The van der Waals surface area contributed by atoms with Crippen molar-refractivity contribution < 1.29 is 18.5 Å². The van der Waals surface area contributed by atoms with Crippen LogP contribution in [0.2, 0.25) is 0 Å². The third kappa shape index (κ3) is 3.68. The van der Waals surface area contributed by atoms with E-state index in [1.165, 1.54) is 20.3 Å². The Balaban J connectivity index is 3.52. The predicted molar refractivity (Wildman–Crippen MR) is 80.4 cm³/mol. The van der Waals surface area contributed by atoms with Crippen LogP contribution in [-0.4, -0.2) is 37.1 Å². The molecule has 1 aromatic rings. The maximum absolute atomic E-state index is 12.9. The van der Waals surface area contributed by atoms with E-state index in [-0.39, 0.29) is 5.69 Å². The van der Waals surface area contributed by atoms with Gasteiger partial charge in [-0.15, -0.1) is 0 Å². The monoisotopic (exact) mass is 316 g/mol. The Labute approximate surface area is 124 Å². The molecule has 0 saturated carbocycles. The molecule has 0 radical (unpaired) electrons. The van der Waals surface area contributed by atoms with Gasteiger partial charge in [0, 0.05) is 20.3 Å². The van der Waals surface area contributed by atoms with Crippen LogP contribution < -0.4 is 0 Å². The molecule has 0 bridgehead atoms. The van der Waals surface area contributed by atoms with Gasteiger partial charge >= 0.3 is 7.60 Å². The predicted octanol–water partition coefficient (Wildman–Crippen LogP) is 3.42. The lowest BCUT2D eigenvalue weighted by atomic mass is 10.1. The fourth-order valence-electron chi connectivity index (χ4n) is 2.28. The maximum Gasteiger partial charge on any atom is 0.351 e. The van der Waals surface area contributed by atoms with Gasteiger partial charge in [-0.1, -0.05) is 26.0 Å². The molecule has 7 nitrogen and oxygen atoms in total. The summed E-state index contributed by atoms with van der Waals surface area (Å²) in [5.41, 5.74) is 0.238. The molecule has 0 aliphatic carbocycles. The Hall–Kier alpha value is -1.27. The van der Waals surface area contributed by atoms with Crippen LogP contribution in [0.5, 0.6) is 0 Å². The van der Waals surface area contributed by atoms with Crippen LogP contribution in [0.3, 0.4) is 0 Å². The van der Waals surface area contributed by atoms with E-state index >= 15 is 0 Å². The van der Waals surface area contributed by atoms with Gasteiger partial charge in [0.1, 0.15) is 5.78 Å².